The second-order valence-electron chi connectivity index (χ2n) is 6.90. The number of ketones is 1. The highest BCUT2D eigenvalue weighted by atomic mass is 16.1. The van der Waals surface area contributed by atoms with E-state index in [4.69, 9.17) is 0 Å². The van der Waals surface area contributed by atoms with E-state index in [-0.39, 0.29) is 5.78 Å². The maximum absolute atomic E-state index is 11.8. The average molecular weight is 381 g/mol. The molecule has 0 saturated carbocycles. The van der Waals surface area contributed by atoms with Crippen LogP contribution in [0.15, 0.2) is 43.0 Å². The van der Waals surface area contributed by atoms with Gasteiger partial charge in [0.25, 0.3) is 0 Å². The highest BCUT2D eigenvalue weighted by Gasteiger charge is 2.27. The number of hydrogen-bond acceptors (Lipinski definition) is 4. The molecular formula is C23H32N4O. The number of benzene rings is 1. The quantitative estimate of drug-likeness (QED) is 0.663. The Morgan fingerprint density at radius 2 is 1.57 bits per heavy atom. The minimum absolute atomic E-state index is 0.173. The maximum atomic E-state index is 11.8. The second kappa shape index (κ2) is 10.5. The van der Waals surface area contributed by atoms with E-state index in [1.54, 1.807) is 19.3 Å². The van der Waals surface area contributed by atoms with Crippen LogP contribution in [-0.4, -0.2) is 25.7 Å². The number of rotatable bonds is 3. The van der Waals surface area contributed by atoms with E-state index in [1.165, 1.54) is 0 Å². The summed E-state index contributed by atoms with van der Waals surface area (Å²) in [6.07, 6.45) is 7.18. The van der Waals surface area contributed by atoms with Crippen LogP contribution in [-0.2, 0) is 10.2 Å². The van der Waals surface area contributed by atoms with Gasteiger partial charge in [0, 0.05) is 35.8 Å². The first-order valence-electron chi connectivity index (χ1n) is 9.59. The molecule has 2 heterocycles. The molecule has 0 aliphatic carbocycles. The number of carbonyl (C=O) groups is 1. The van der Waals surface area contributed by atoms with Gasteiger partial charge in [-0.15, -0.1) is 0 Å². The molecule has 0 atom stereocenters. The number of nitrogens with one attached hydrogen (secondary N) is 1. The number of hydrogen-bond donors (Lipinski definition) is 1. The standard InChI is InChI=1S/C17H20N2O.C4H6N2.C2H6/c1-11-8-14(15-9-18-13(3)19-10-15)6-7-16(11)17(4,5)12(2)20;1-4-5-2-3-6-4;1-2/h6-10H,1-5H3;2-3H,1H3,(H,5,6);1-2H3. The molecule has 150 valence electrons. The van der Waals surface area contributed by atoms with Crippen LogP contribution in [0.2, 0.25) is 0 Å². The third kappa shape index (κ3) is 6.12. The summed E-state index contributed by atoms with van der Waals surface area (Å²) in [5, 5.41) is 0. The zero-order valence-corrected chi connectivity index (χ0v) is 18.3. The zero-order chi connectivity index (χ0) is 21.3. The number of H-pyrrole nitrogens is 1. The Hall–Kier alpha value is -2.82. The van der Waals surface area contributed by atoms with Gasteiger partial charge in [-0.3, -0.25) is 4.79 Å². The fourth-order valence-corrected chi connectivity index (χ4v) is 2.62. The molecule has 0 aliphatic rings. The van der Waals surface area contributed by atoms with Crippen molar-refractivity contribution >= 4 is 5.78 Å². The summed E-state index contributed by atoms with van der Waals surface area (Å²) >= 11 is 0. The molecule has 0 aliphatic heterocycles. The minimum atomic E-state index is -0.452. The summed E-state index contributed by atoms with van der Waals surface area (Å²) in [7, 11) is 0. The van der Waals surface area contributed by atoms with Crippen LogP contribution in [0.1, 0.15) is 57.4 Å². The Morgan fingerprint density at radius 3 is 1.96 bits per heavy atom. The number of aromatic nitrogens is 4. The van der Waals surface area contributed by atoms with Gasteiger partial charge in [-0.1, -0.05) is 32.0 Å². The molecule has 0 saturated heterocycles. The lowest BCUT2D eigenvalue weighted by Gasteiger charge is -2.24. The van der Waals surface area contributed by atoms with Crippen LogP contribution < -0.4 is 0 Å². The molecule has 0 unspecified atom stereocenters. The van der Waals surface area contributed by atoms with Crippen LogP contribution in [0.3, 0.4) is 0 Å². The third-order valence-electron chi connectivity index (χ3n) is 4.53. The lowest BCUT2D eigenvalue weighted by Crippen LogP contribution is -2.27. The van der Waals surface area contributed by atoms with E-state index in [2.05, 4.69) is 26.0 Å². The number of imidazole rings is 1. The molecule has 5 heteroatoms. The predicted molar refractivity (Wildman–Crippen MR) is 115 cm³/mol. The van der Waals surface area contributed by atoms with Gasteiger partial charge in [0.15, 0.2) is 0 Å². The number of aryl methyl sites for hydroxylation is 3. The first-order chi connectivity index (χ1) is 13.2. The Kier molecular flexibility index (Phi) is 8.71. The summed E-state index contributed by atoms with van der Waals surface area (Å²) in [6, 6.07) is 6.15. The fourth-order valence-electron chi connectivity index (χ4n) is 2.62. The van der Waals surface area contributed by atoms with Crippen LogP contribution in [0.25, 0.3) is 11.1 Å². The minimum Gasteiger partial charge on any atom is -0.349 e. The lowest BCUT2D eigenvalue weighted by molar-refractivity contribution is -0.121. The Bertz CT molecular complexity index is 866. The number of carbonyl (C=O) groups excluding carboxylic acids is 1. The molecule has 0 radical (unpaired) electrons. The van der Waals surface area contributed by atoms with Crippen molar-refractivity contribution < 1.29 is 4.79 Å². The van der Waals surface area contributed by atoms with Gasteiger partial charge < -0.3 is 4.98 Å². The van der Waals surface area contributed by atoms with Crippen LogP contribution in [0.5, 0.6) is 0 Å². The van der Waals surface area contributed by atoms with Crippen molar-refractivity contribution in [3.05, 3.63) is 65.8 Å². The summed E-state index contributed by atoms with van der Waals surface area (Å²) < 4.78 is 0. The van der Waals surface area contributed by atoms with Crippen molar-refractivity contribution in [2.45, 2.75) is 60.8 Å². The van der Waals surface area contributed by atoms with E-state index >= 15 is 0 Å². The van der Waals surface area contributed by atoms with Crippen LogP contribution >= 0.6 is 0 Å². The molecule has 2 aromatic heterocycles. The fraction of sp³-hybridized carbons (Fsp3) is 0.391. The van der Waals surface area contributed by atoms with Gasteiger partial charge in [0.2, 0.25) is 0 Å². The number of Topliss-reactive ketones (excluding diaryl/α,β-unsaturated/α-hetero) is 1. The first kappa shape index (κ1) is 23.2. The van der Waals surface area contributed by atoms with Crippen molar-refractivity contribution in [2.24, 2.45) is 0 Å². The number of aromatic amines is 1. The van der Waals surface area contributed by atoms with Crippen molar-refractivity contribution in [3.8, 4) is 11.1 Å². The van der Waals surface area contributed by atoms with Gasteiger partial charge in [0.05, 0.1) is 0 Å². The normalized spacial score (nSPS) is 10.3. The number of nitrogens with zero attached hydrogens (tertiary/aromatic N) is 3. The third-order valence-corrected chi connectivity index (χ3v) is 4.53. The molecule has 0 fully saturated rings. The topological polar surface area (TPSA) is 71.5 Å². The highest BCUT2D eigenvalue weighted by molar-refractivity contribution is 5.87. The average Bonchev–Trinajstić information content (AvgIpc) is 3.15. The molecule has 0 bridgehead atoms. The summed E-state index contributed by atoms with van der Waals surface area (Å²) in [6.45, 7) is 15.4. The molecule has 0 spiro atoms. The molecule has 28 heavy (non-hydrogen) atoms. The second-order valence-corrected chi connectivity index (χ2v) is 6.90. The zero-order valence-electron chi connectivity index (χ0n) is 18.3. The van der Waals surface area contributed by atoms with Crippen molar-refractivity contribution in [2.75, 3.05) is 0 Å². The largest absolute Gasteiger partial charge is 0.349 e. The first-order valence-corrected chi connectivity index (χ1v) is 9.59. The predicted octanol–water partition coefficient (Wildman–Crippen LogP) is 5.37. The van der Waals surface area contributed by atoms with E-state index < -0.39 is 5.41 Å². The summed E-state index contributed by atoms with van der Waals surface area (Å²) in [4.78, 5) is 27.0. The van der Waals surface area contributed by atoms with E-state index in [0.29, 0.717) is 0 Å². The van der Waals surface area contributed by atoms with Crippen molar-refractivity contribution in [1.29, 1.82) is 0 Å². The van der Waals surface area contributed by atoms with Crippen molar-refractivity contribution in [3.63, 3.8) is 0 Å². The molecule has 3 aromatic rings. The molecule has 0 amide bonds. The monoisotopic (exact) mass is 380 g/mol. The van der Waals surface area contributed by atoms with E-state index in [9.17, 15) is 4.79 Å². The molecule has 5 nitrogen and oxygen atoms in total. The molecule has 3 rings (SSSR count). The summed E-state index contributed by atoms with van der Waals surface area (Å²) in [5.41, 5.74) is 3.80. The van der Waals surface area contributed by atoms with Gasteiger partial charge in [-0.25, -0.2) is 15.0 Å². The van der Waals surface area contributed by atoms with Gasteiger partial charge in [0.1, 0.15) is 17.4 Å². The Labute approximate surface area is 168 Å². The van der Waals surface area contributed by atoms with Crippen LogP contribution in [0.4, 0.5) is 0 Å². The van der Waals surface area contributed by atoms with Crippen molar-refractivity contribution in [1.82, 2.24) is 19.9 Å². The Balaban J connectivity index is 0.000000411. The van der Waals surface area contributed by atoms with E-state index in [1.807, 2.05) is 73.0 Å². The molecular weight excluding hydrogens is 348 g/mol. The molecule has 1 aromatic carbocycles. The SMILES string of the molecule is CC.CC(=O)C(C)(C)c1ccc(-c2cnc(C)nc2)cc1C.Cc1ncc[nH]1. The Morgan fingerprint density at radius 1 is 0.964 bits per heavy atom. The van der Waals surface area contributed by atoms with Gasteiger partial charge in [-0.05, 0) is 58.2 Å². The van der Waals surface area contributed by atoms with E-state index in [0.717, 1.165) is 33.9 Å². The van der Waals surface area contributed by atoms with Gasteiger partial charge in [-0.2, -0.15) is 0 Å². The maximum Gasteiger partial charge on any atom is 0.139 e. The van der Waals surface area contributed by atoms with Crippen LogP contribution in [0, 0.1) is 20.8 Å². The summed E-state index contributed by atoms with van der Waals surface area (Å²) in [5.74, 6) is 1.90. The smallest absolute Gasteiger partial charge is 0.139 e. The van der Waals surface area contributed by atoms with Gasteiger partial charge >= 0.3 is 0 Å². The lowest BCUT2D eigenvalue weighted by atomic mass is 9.78. The molecule has 1 N–H and O–H groups in total. The highest BCUT2D eigenvalue weighted by Crippen LogP contribution is 2.30.